The normalized spacial score (nSPS) is 18.3. The standard InChI is InChI=1S/C17H21N3O4/c1-11(15-4-3-9-22-15)18-17(21)13-5-7-14(8-6-13)23-10-16-19-12(2)24-20-16/h5-8,11,15H,3-4,9-10H2,1-2H3,(H,18,21)/t11-,15-/m0/s1. The first-order valence-corrected chi connectivity index (χ1v) is 8.06. The monoisotopic (exact) mass is 331 g/mol. The minimum Gasteiger partial charge on any atom is -0.485 e. The van der Waals surface area contributed by atoms with Crippen molar-refractivity contribution < 1.29 is 18.8 Å². The van der Waals surface area contributed by atoms with E-state index in [-0.39, 0.29) is 24.7 Å². The Bertz CT molecular complexity index is 677. The zero-order valence-electron chi connectivity index (χ0n) is 13.8. The van der Waals surface area contributed by atoms with Crippen molar-refractivity contribution in [3.8, 4) is 5.75 Å². The Morgan fingerprint density at radius 2 is 2.21 bits per heavy atom. The van der Waals surface area contributed by atoms with Crippen molar-refractivity contribution in [3.05, 3.63) is 41.5 Å². The van der Waals surface area contributed by atoms with Crippen molar-refractivity contribution in [2.24, 2.45) is 0 Å². The fraction of sp³-hybridized carbons (Fsp3) is 0.471. The lowest BCUT2D eigenvalue weighted by molar-refractivity contribution is 0.0712. The van der Waals surface area contributed by atoms with Gasteiger partial charge in [0, 0.05) is 19.1 Å². The second kappa shape index (κ2) is 7.44. The summed E-state index contributed by atoms with van der Waals surface area (Å²) in [6, 6.07) is 6.96. The van der Waals surface area contributed by atoms with Gasteiger partial charge in [-0.25, -0.2) is 0 Å². The molecule has 1 fully saturated rings. The number of nitrogens with zero attached hydrogens (tertiary/aromatic N) is 2. The van der Waals surface area contributed by atoms with Crippen LogP contribution in [0.4, 0.5) is 0 Å². The minimum atomic E-state index is -0.113. The fourth-order valence-corrected chi connectivity index (χ4v) is 2.63. The molecule has 7 nitrogen and oxygen atoms in total. The predicted octanol–water partition coefficient (Wildman–Crippen LogP) is 2.25. The molecule has 1 amide bonds. The Balaban J connectivity index is 1.52. The van der Waals surface area contributed by atoms with Gasteiger partial charge in [-0.05, 0) is 44.0 Å². The molecule has 1 saturated heterocycles. The van der Waals surface area contributed by atoms with Crippen molar-refractivity contribution >= 4 is 5.91 Å². The molecule has 0 unspecified atom stereocenters. The maximum Gasteiger partial charge on any atom is 0.251 e. The minimum absolute atomic E-state index is 0.00240. The first-order valence-electron chi connectivity index (χ1n) is 8.06. The van der Waals surface area contributed by atoms with Gasteiger partial charge in [0.2, 0.25) is 11.7 Å². The van der Waals surface area contributed by atoms with Crippen molar-refractivity contribution in [2.45, 2.75) is 45.4 Å². The SMILES string of the molecule is Cc1nc(COc2ccc(C(=O)N[C@@H](C)[C@@H]3CCCO3)cc2)no1. The molecule has 24 heavy (non-hydrogen) atoms. The quantitative estimate of drug-likeness (QED) is 0.874. The lowest BCUT2D eigenvalue weighted by atomic mass is 10.1. The smallest absolute Gasteiger partial charge is 0.251 e. The highest BCUT2D eigenvalue weighted by Crippen LogP contribution is 2.17. The van der Waals surface area contributed by atoms with Gasteiger partial charge in [0.1, 0.15) is 5.75 Å². The zero-order chi connectivity index (χ0) is 16.9. The van der Waals surface area contributed by atoms with E-state index in [1.807, 2.05) is 6.92 Å². The van der Waals surface area contributed by atoms with E-state index >= 15 is 0 Å². The Kier molecular flexibility index (Phi) is 5.10. The van der Waals surface area contributed by atoms with Gasteiger partial charge in [-0.3, -0.25) is 4.79 Å². The number of carbonyl (C=O) groups is 1. The molecule has 0 radical (unpaired) electrons. The maximum absolute atomic E-state index is 12.3. The first kappa shape index (κ1) is 16.4. The van der Waals surface area contributed by atoms with Gasteiger partial charge >= 0.3 is 0 Å². The van der Waals surface area contributed by atoms with Crippen molar-refractivity contribution in [1.82, 2.24) is 15.5 Å². The molecule has 3 rings (SSSR count). The summed E-state index contributed by atoms with van der Waals surface area (Å²) in [5.41, 5.74) is 0.586. The van der Waals surface area contributed by atoms with Crippen molar-refractivity contribution in [1.29, 1.82) is 0 Å². The van der Waals surface area contributed by atoms with Gasteiger partial charge in [-0.2, -0.15) is 4.98 Å². The number of ether oxygens (including phenoxy) is 2. The summed E-state index contributed by atoms with van der Waals surface area (Å²) < 4.78 is 16.0. The van der Waals surface area contributed by atoms with E-state index in [9.17, 15) is 4.79 Å². The third-order valence-corrected chi connectivity index (χ3v) is 3.94. The summed E-state index contributed by atoms with van der Waals surface area (Å²) >= 11 is 0. The van der Waals surface area contributed by atoms with E-state index in [0.29, 0.717) is 23.0 Å². The van der Waals surface area contributed by atoms with Gasteiger partial charge in [0.25, 0.3) is 5.91 Å². The van der Waals surface area contributed by atoms with Crippen LogP contribution in [0, 0.1) is 6.92 Å². The summed E-state index contributed by atoms with van der Waals surface area (Å²) in [6.07, 6.45) is 2.15. The first-order chi connectivity index (χ1) is 11.6. The summed E-state index contributed by atoms with van der Waals surface area (Å²) in [5.74, 6) is 1.51. The molecule has 1 N–H and O–H groups in total. The van der Waals surface area contributed by atoms with Gasteiger partial charge in [0.15, 0.2) is 6.61 Å². The molecule has 0 aliphatic carbocycles. The van der Waals surface area contributed by atoms with E-state index in [1.165, 1.54) is 0 Å². The van der Waals surface area contributed by atoms with E-state index in [0.717, 1.165) is 19.4 Å². The molecule has 1 aromatic carbocycles. The number of nitrogens with one attached hydrogen (secondary N) is 1. The van der Waals surface area contributed by atoms with Crippen LogP contribution in [-0.4, -0.2) is 34.8 Å². The molecule has 2 atom stereocenters. The van der Waals surface area contributed by atoms with Crippen LogP contribution in [0.1, 0.15) is 41.8 Å². The third-order valence-electron chi connectivity index (χ3n) is 3.94. The molecule has 1 aromatic heterocycles. The Hall–Kier alpha value is -2.41. The van der Waals surface area contributed by atoms with Crippen LogP contribution in [0.2, 0.25) is 0 Å². The van der Waals surface area contributed by atoms with Crippen molar-refractivity contribution in [3.63, 3.8) is 0 Å². The molecule has 1 aliphatic heterocycles. The number of hydrogen-bond acceptors (Lipinski definition) is 6. The van der Waals surface area contributed by atoms with Gasteiger partial charge in [0.05, 0.1) is 12.1 Å². The predicted molar refractivity (Wildman–Crippen MR) is 85.7 cm³/mol. The second-order valence-corrected chi connectivity index (χ2v) is 5.86. The summed E-state index contributed by atoms with van der Waals surface area (Å²) in [7, 11) is 0. The topological polar surface area (TPSA) is 86.5 Å². The summed E-state index contributed by atoms with van der Waals surface area (Å²) in [4.78, 5) is 16.3. The van der Waals surface area contributed by atoms with E-state index in [4.69, 9.17) is 14.0 Å². The lowest BCUT2D eigenvalue weighted by Gasteiger charge is -2.20. The van der Waals surface area contributed by atoms with Gasteiger partial charge < -0.3 is 19.3 Å². The maximum atomic E-state index is 12.3. The number of hydrogen-bond donors (Lipinski definition) is 1. The molecule has 2 heterocycles. The van der Waals surface area contributed by atoms with Crippen LogP contribution in [0.15, 0.2) is 28.8 Å². The van der Waals surface area contributed by atoms with Gasteiger partial charge in [-0.15, -0.1) is 0 Å². The Morgan fingerprint density at radius 3 is 2.83 bits per heavy atom. The van der Waals surface area contributed by atoms with E-state index < -0.39 is 0 Å². The average Bonchev–Trinajstić information content (AvgIpc) is 3.25. The van der Waals surface area contributed by atoms with Crippen molar-refractivity contribution in [2.75, 3.05) is 6.61 Å². The van der Waals surface area contributed by atoms with Crippen LogP contribution in [-0.2, 0) is 11.3 Å². The second-order valence-electron chi connectivity index (χ2n) is 5.86. The van der Waals surface area contributed by atoms with E-state index in [2.05, 4.69) is 15.5 Å². The average molecular weight is 331 g/mol. The highest BCUT2D eigenvalue weighted by molar-refractivity contribution is 5.94. The molecule has 0 spiro atoms. The summed E-state index contributed by atoms with van der Waals surface area (Å²) in [5, 5.41) is 6.74. The molecule has 128 valence electrons. The zero-order valence-corrected chi connectivity index (χ0v) is 13.8. The van der Waals surface area contributed by atoms with Crippen LogP contribution >= 0.6 is 0 Å². The highest BCUT2D eigenvalue weighted by Gasteiger charge is 2.23. The fourth-order valence-electron chi connectivity index (χ4n) is 2.63. The lowest BCUT2D eigenvalue weighted by Crippen LogP contribution is -2.40. The number of benzene rings is 1. The summed E-state index contributed by atoms with van der Waals surface area (Å²) in [6.45, 7) is 4.69. The van der Waals surface area contributed by atoms with E-state index in [1.54, 1.807) is 31.2 Å². The van der Waals surface area contributed by atoms with Gasteiger partial charge in [-0.1, -0.05) is 5.16 Å². The highest BCUT2D eigenvalue weighted by atomic mass is 16.5. The van der Waals surface area contributed by atoms with Crippen LogP contribution in [0.5, 0.6) is 5.75 Å². The molecule has 7 heteroatoms. The number of rotatable bonds is 6. The third kappa shape index (κ3) is 4.11. The molecule has 2 aromatic rings. The Labute approximate surface area is 140 Å². The molecule has 1 aliphatic rings. The molecule has 0 saturated carbocycles. The molecule has 0 bridgehead atoms. The molecular weight excluding hydrogens is 310 g/mol. The number of aromatic nitrogens is 2. The van der Waals surface area contributed by atoms with Crippen LogP contribution in [0.3, 0.4) is 0 Å². The number of amides is 1. The molecular formula is C17H21N3O4. The number of carbonyl (C=O) groups excluding carboxylic acids is 1. The van der Waals surface area contributed by atoms with Crippen LogP contribution in [0.25, 0.3) is 0 Å². The van der Waals surface area contributed by atoms with Crippen LogP contribution < -0.4 is 10.1 Å². The number of aryl methyl sites for hydroxylation is 1. The Morgan fingerprint density at radius 1 is 1.42 bits per heavy atom. The largest absolute Gasteiger partial charge is 0.485 e.